The molecule has 4 rings (SSSR count). The quantitative estimate of drug-likeness (QED) is 0.468. The van der Waals surface area contributed by atoms with E-state index in [4.69, 9.17) is 0 Å². The van der Waals surface area contributed by atoms with Crippen molar-refractivity contribution in [3.63, 3.8) is 0 Å². The lowest BCUT2D eigenvalue weighted by Crippen LogP contribution is -2.05. The molecule has 1 N–H and O–H groups in total. The standard InChI is InChI=1S/C26H23N3O/c1-18(21-10-7-11-23(16-21)27-19(2)30)22-13-14-24-25(28-29(3)26(24)17-22)15-12-20-8-5-4-6-9-20/h4-17H,1H2,2-3H3,(H,27,30)/b15-12+. The van der Waals surface area contributed by atoms with Crippen molar-refractivity contribution in [1.29, 1.82) is 0 Å². The number of amides is 1. The number of fused-ring (bicyclic) bond motifs is 1. The van der Waals surface area contributed by atoms with E-state index in [1.165, 1.54) is 6.92 Å². The number of carbonyl (C=O) groups is 1. The topological polar surface area (TPSA) is 46.9 Å². The summed E-state index contributed by atoms with van der Waals surface area (Å²) in [5.41, 5.74) is 6.75. The van der Waals surface area contributed by atoms with Crippen molar-refractivity contribution in [3.05, 3.63) is 102 Å². The van der Waals surface area contributed by atoms with Crippen molar-refractivity contribution in [2.24, 2.45) is 7.05 Å². The highest BCUT2D eigenvalue weighted by Crippen LogP contribution is 2.28. The number of nitrogens with one attached hydrogen (secondary N) is 1. The summed E-state index contributed by atoms with van der Waals surface area (Å²) in [5.74, 6) is -0.0925. The van der Waals surface area contributed by atoms with Crippen LogP contribution < -0.4 is 5.32 Å². The van der Waals surface area contributed by atoms with E-state index in [1.54, 1.807) is 0 Å². The highest BCUT2D eigenvalue weighted by atomic mass is 16.1. The number of anilines is 1. The highest BCUT2D eigenvalue weighted by Gasteiger charge is 2.10. The van der Waals surface area contributed by atoms with E-state index in [2.05, 4.69) is 53.4 Å². The van der Waals surface area contributed by atoms with Crippen LogP contribution in [0.2, 0.25) is 0 Å². The van der Waals surface area contributed by atoms with E-state index < -0.39 is 0 Å². The number of hydrogen-bond donors (Lipinski definition) is 1. The first-order valence-electron chi connectivity index (χ1n) is 9.78. The third kappa shape index (κ3) is 4.08. The van der Waals surface area contributed by atoms with E-state index in [1.807, 2.05) is 60.3 Å². The molecule has 0 spiro atoms. The first-order chi connectivity index (χ1) is 14.5. The van der Waals surface area contributed by atoms with Crippen LogP contribution >= 0.6 is 0 Å². The third-order valence-corrected chi connectivity index (χ3v) is 4.99. The van der Waals surface area contributed by atoms with Gasteiger partial charge in [0.15, 0.2) is 0 Å². The fraction of sp³-hybridized carbons (Fsp3) is 0.0769. The molecule has 0 fully saturated rings. The van der Waals surface area contributed by atoms with Gasteiger partial charge < -0.3 is 5.32 Å². The largest absolute Gasteiger partial charge is 0.326 e. The van der Waals surface area contributed by atoms with Gasteiger partial charge in [-0.1, -0.05) is 61.2 Å². The number of hydrogen-bond acceptors (Lipinski definition) is 2. The summed E-state index contributed by atoms with van der Waals surface area (Å²) in [6.07, 6.45) is 4.12. The summed E-state index contributed by atoms with van der Waals surface area (Å²) in [6.45, 7) is 5.78. The van der Waals surface area contributed by atoms with Crippen molar-refractivity contribution in [2.75, 3.05) is 5.32 Å². The van der Waals surface area contributed by atoms with Crippen molar-refractivity contribution in [3.8, 4) is 0 Å². The Bertz CT molecular complexity index is 1270. The predicted molar refractivity (Wildman–Crippen MR) is 125 cm³/mol. The van der Waals surface area contributed by atoms with Gasteiger partial charge in [0.2, 0.25) is 5.91 Å². The van der Waals surface area contributed by atoms with E-state index >= 15 is 0 Å². The number of benzene rings is 3. The van der Waals surface area contributed by atoms with E-state index in [9.17, 15) is 4.79 Å². The number of aromatic nitrogens is 2. The zero-order chi connectivity index (χ0) is 21.1. The Balaban J connectivity index is 1.66. The summed E-state index contributed by atoms with van der Waals surface area (Å²) in [4.78, 5) is 11.3. The molecule has 1 aromatic heterocycles. The first kappa shape index (κ1) is 19.4. The molecule has 0 aliphatic carbocycles. The Kier molecular flexibility index (Phi) is 5.31. The average Bonchev–Trinajstić information content (AvgIpc) is 3.07. The van der Waals surface area contributed by atoms with Crippen molar-refractivity contribution in [1.82, 2.24) is 9.78 Å². The van der Waals surface area contributed by atoms with Crippen LogP contribution in [0.5, 0.6) is 0 Å². The second-order valence-corrected chi connectivity index (χ2v) is 7.23. The number of rotatable bonds is 5. The first-order valence-corrected chi connectivity index (χ1v) is 9.78. The Morgan fingerprint density at radius 2 is 1.73 bits per heavy atom. The molecule has 4 aromatic rings. The van der Waals surface area contributed by atoms with Gasteiger partial charge in [-0.05, 0) is 52.6 Å². The maximum atomic E-state index is 11.3. The lowest BCUT2D eigenvalue weighted by atomic mass is 9.98. The van der Waals surface area contributed by atoms with Gasteiger partial charge in [0.1, 0.15) is 0 Å². The molecule has 0 bridgehead atoms. The van der Waals surface area contributed by atoms with Crippen LogP contribution in [-0.2, 0) is 11.8 Å². The second-order valence-electron chi connectivity index (χ2n) is 7.23. The van der Waals surface area contributed by atoms with Gasteiger partial charge in [-0.2, -0.15) is 5.10 Å². The van der Waals surface area contributed by atoms with Crippen LogP contribution in [0.15, 0.2) is 79.4 Å². The Hall–Kier alpha value is -3.92. The van der Waals surface area contributed by atoms with Crippen LogP contribution in [0.25, 0.3) is 28.6 Å². The summed E-state index contributed by atoms with van der Waals surface area (Å²) >= 11 is 0. The minimum atomic E-state index is -0.0925. The van der Waals surface area contributed by atoms with Gasteiger partial charge in [-0.3, -0.25) is 9.48 Å². The highest BCUT2D eigenvalue weighted by molar-refractivity contribution is 5.94. The number of nitrogens with zero attached hydrogens (tertiary/aromatic N) is 2. The van der Waals surface area contributed by atoms with Crippen molar-refractivity contribution in [2.45, 2.75) is 6.92 Å². The lowest BCUT2D eigenvalue weighted by Gasteiger charge is -2.09. The van der Waals surface area contributed by atoms with Crippen molar-refractivity contribution < 1.29 is 4.79 Å². The number of carbonyl (C=O) groups excluding carboxylic acids is 1. The minimum absolute atomic E-state index is 0.0925. The molecule has 0 aliphatic rings. The summed E-state index contributed by atoms with van der Waals surface area (Å²) < 4.78 is 1.89. The van der Waals surface area contributed by atoms with Crippen LogP contribution in [0.1, 0.15) is 29.3 Å². The maximum absolute atomic E-state index is 11.3. The van der Waals surface area contributed by atoms with Gasteiger partial charge in [0.25, 0.3) is 0 Å². The molecule has 0 radical (unpaired) electrons. The molecular formula is C26H23N3O. The van der Waals surface area contributed by atoms with Crippen LogP contribution in [0, 0.1) is 0 Å². The van der Waals surface area contributed by atoms with E-state index in [0.29, 0.717) is 0 Å². The monoisotopic (exact) mass is 393 g/mol. The molecular weight excluding hydrogens is 370 g/mol. The van der Waals surface area contributed by atoms with E-state index in [-0.39, 0.29) is 5.91 Å². The fourth-order valence-electron chi connectivity index (χ4n) is 3.49. The minimum Gasteiger partial charge on any atom is -0.326 e. The predicted octanol–water partition coefficient (Wildman–Crippen LogP) is 5.76. The fourth-order valence-corrected chi connectivity index (χ4v) is 3.49. The molecule has 0 aliphatic heterocycles. The molecule has 1 heterocycles. The Morgan fingerprint density at radius 3 is 2.50 bits per heavy atom. The molecule has 30 heavy (non-hydrogen) atoms. The van der Waals surface area contributed by atoms with Crippen LogP contribution in [0.4, 0.5) is 5.69 Å². The zero-order valence-corrected chi connectivity index (χ0v) is 17.1. The molecule has 0 saturated heterocycles. The molecule has 4 heteroatoms. The lowest BCUT2D eigenvalue weighted by molar-refractivity contribution is -0.114. The summed E-state index contributed by atoms with van der Waals surface area (Å²) in [7, 11) is 1.95. The SMILES string of the molecule is C=C(c1cccc(NC(C)=O)c1)c1ccc2c(/C=C/c3ccccc3)nn(C)c2c1. The van der Waals surface area contributed by atoms with Crippen LogP contribution in [-0.4, -0.2) is 15.7 Å². The van der Waals surface area contributed by atoms with Gasteiger partial charge >= 0.3 is 0 Å². The van der Waals surface area contributed by atoms with Gasteiger partial charge in [0.05, 0.1) is 11.2 Å². The second kappa shape index (κ2) is 8.21. The molecule has 148 valence electrons. The van der Waals surface area contributed by atoms with Gasteiger partial charge in [0, 0.05) is 25.0 Å². The molecule has 0 atom stereocenters. The Labute approximate surface area is 176 Å². The van der Waals surface area contributed by atoms with Crippen molar-refractivity contribution >= 4 is 40.2 Å². The molecule has 3 aromatic carbocycles. The number of aryl methyl sites for hydroxylation is 1. The smallest absolute Gasteiger partial charge is 0.221 e. The summed E-state index contributed by atoms with van der Waals surface area (Å²) in [5, 5.41) is 8.59. The Morgan fingerprint density at radius 1 is 0.967 bits per heavy atom. The summed E-state index contributed by atoms with van der Waals surface area (Å²) in [6, 6.07) is 24.2. The van der Waals surface area contributed by atoms with Crippen LogP contribution in [0.3, 0.4) is 0 Å². The third-order valence-electron chi connectivity index (χ3n) is 4.99. The van der Waals surface area contributed by atoms with E-state index in [0.717, 1.165) is 44.5 Å². The molecule has 0 unspecified atom stereocenters. The average molecular weight is 393 g/mol. The molecule has 4 nitrogen and oxygen atoms in total. The van der Waals surface area contributed by atoms with Gasteiger partial charge in [-0.25, -0.2) is 0 Å². The molecule has 1 amide bonds. The van der Waals surface area contributed by atoms with Gasteiger partial charge in [-0.15, -0.1) is 0 Å². The zero-order valence-electron chi connectivity index (χ0n) is 17.1. The maximum Gasteiger partial charge on any atom is 0.221 e. The normalized spacial score (nSPS) is 11.1. The molecule has 0 saturated carbocycles.